The summed E-state index contributed by atoms with van der Waals surface area (Å²) in [7, 11) is 0. The van der Waals surface area contributed by atoms with Crippen LogP contribution in [0.3, 0.4) is 0 Å². The summed E-state index contributed by atoms with van der Waals surface area (Å²) in [4.78, 5) is 0. The first-order valence-electron chi connectivity index (χ1n) is 7.01. The lowest BCUT2D eigenvalue weighted by atomic mass is 9.91. The van der Waals surface area contributed by atoms with Crippen molar-refractivity contribution in [1.29, 1.82) is 0 Å². The van der Waals surface area contributed by atoms with Gasteiger partial charge in [0.05, 0.1) is 5.60 Å². The number of nitrogens with one attached hydrogen (secondary N) is 1. The van der Waals surface area contributed by atoms with E-state index in [0.29, 0.717) is 6.04 Å². The van der Waals surface area contributed by atoms with E-state index >= 15 is 0 Å². The normalized spacial score (nSPS) is 14.8. The van der Waals surface area contributed by atoms with Gasteiger partial charge in [-0.15, -0.1) is 0 Å². The molecule has 0 aliphatic heterocycles. The topological polar surface area (TPSA) is 32.3 Å². The van der Waals surface area contributed by atoms with Gasteiger partial charge in [0.2, 0.25) is 0 Å². The molecule has 0 fully saturated rings. The van der Waals surface area contributed by atoms with Crippen LogP contribution in [0.1, 0.15) is 51.7 Å². The predicted molar refractivity (Wildman–Crippen MR) is 77.8 cm³/mol. The van der Waals surface area contributed by atoms with Crippen molar-refractivity contribution >= 4 is 0 Å². The zero-order valence-corrected chi connectivity index (χ0v) is 12.2. The monoisotopic (exact) mass is 249 g/mol. The molecule has 1 aromatic carbocycles. The van der Waals surface area contributed by atoms with Crippen molar-refractivity contribution in [2.75, 3.05) is 6.54 Å². The average Bonchev–Trinajstić information content (AvgIpc) is 2.29. The van der Waals surface area contributed by atoms with Gasteiger partial charge in [-0.25, -0.2) is 0 Å². The van der Waals surface area contributed by atoms with E-state index < -0.39 is 5.60 Å². The smallest absolute Gasteiger partial charge is 0.0880 e. The van der Waals surface area contributed by atoms with Crippen molar-refractivity contribution in [3.05, 3.63) is 35.4 Å². The maximum atomic E-state index is 10.5. The summed E-state index contributed by atoms with van der Waals surface area (Å²) in [6.07, 6.45) is 3.00. The molecule has 102 valence electrons. The Morgan fingerprint density at radius 1 is 1.22 bits per heavy atom. The lowest BCUT2D eigenvalue weighted by molar-refractivity contribution is 0.0475. The molecule has 1 unspecified atom stereocenters. The second kappa shape index (κ2) is 6.91. The summed E-state index contributed by atoms with van der Waals surface area (Å²) in [6, 6.07) is 8.83. The molecule has 18 heavy (non-hydrogen) atoms. The highest BCUT2D eigenvalue weighted by Gasteiger charge is 2.22. The molecule has 1 aromatic rings. The molecule has 2 heteroatoms. The Morgan fingerprint density at radius 2 is 1.83 bits per heavy atom. The van der Waals surface area contributed by atoms with Crippen LogP contribution in [0.4, 0.5) is 0 Å². The molecule has 0 bridgehead atoms. The van der Waals surface area contributed by atoms with Crippen LogP contribution in [0.5, 0.6) is 0 Å². The summed E-state index contributed by atoms with van der Waals surface area (Å²) >= 11 is 0. The Bertz CT molecular complexity index is 341. The molecule has 2 N–H and O–H groups in total. The number of aliphatic hydroxyl groups is 1. The fourth-order valence-corrected chi connectivity index (χ4v) is 2.07. The SMILES string of the molecule is CCCc1ccc(C(C)(O)CCNC(C)C)cc1. The lowest BCUT2D eigenvalue weighted by Crippen LogP contribution is -2.31. The molecule has 0 spiro atoms. The van der Waals surface area contributed by atoms with Crippen molar-refractivity contribution in [3.63, 3.8) is 0 Å². The Kier molecular flexibility index (Phi) is 5.83. The van der Waals surface area contributed by atoms with Crippen LogP contribution in [0.15, 0.2) is 24.3 Å². The number of benzene rings is 1. The maximum Gasteiger partial charge on any atom is 0.0880 e. The van der Waals surface area contributed by atoms with Crippen LogP contribution in [-0.4, -0.2) is 17.7 Å². The minimum Gasteiger partial charge on any atom is -0.385 e. The minimum absolute atomic E-state index is 0.465. The Balaban J connectivity index is 2.60. The number of hydrogen-bond acceptors (Lipinski definition) is 2. The van der Waals surface area contributed by atoms with E-state index in [0.717, 1.165) is 31.4 Å². The quantitative estimate of drug-likeness (QED) is 0.777. The van der Waals surface area contributed by atoms with Gasteiger partial charge in [-0.1, -0.05) is 51.5 Å². The molecular weight excluding hydrogens is 222 g/mol. The van der Waals surface area contributed by atoms with Crippen LogP contribution < -0.4 is 5.32 Å². The second-order valence-corrected chi connectivity index (χ2v) is 5.58. The fourth-order valence-electron chi connectivity index (χ4n) is 2.07. The van der Waals surface area contributed by atoms with Crippen molar-refractivity contribution in [1.82, 2.24) is 5.32 Å². The van der Waals surface area contributed by atoms with Gasteiger partial charge in [-0.2, -0.15) is 0 Å². The van der Waals surface area contributed by atoms with E-state index in [4.69, 9.17) is 0 Å². The Hall–Kier alpha value is -0.860. The van der Waals surface area contributed by atoms with Crippen molar-refractivity contribution in [2.45, 2.75) is 58.6 Å². The molecule has 1 atom stereocenters. The molecule has 1 rings (SSSR count). The zero-order chi connectivity index (χ0) is 13.6. The van der Waals surface area contributed by atoms with Gasteiger partial charge < -0.3 is 10.4 Å². The number of hydrogen-bond donors (Lipinski definition) is 2. The van der Waals surface area contributed by atoms with E-state index in [9.17, 15) is 5.11 Å². The van der Waals surface area contributed by atoms with E-state index in [2.05, 4.69) is 50.4 Å². The zero-order valence-electron chi connectivity index (χ0n) is 12.2. The van der Waals surface area contributed by atoms with E-state index in [1.807, 2.05) is 6.92 Å². The fraction of sp³-hybridized carbons (Fsp3) is 0.625. The van der Waals surface area contributed by atoms with Gasteiger partial charge in [0.15, 0.2) is 0 Å². The van der Waals surface area contributed by atoms with Crippen molar-refractivity contribution < 1.29 is 5.11 Å². The molecule has 0 aromatic heterocycles. The van der Waals surface area contributed by atoms with Crippen LogP contribution in [0.25, 0.3) is 0 Å². The average molecular weight is 249 g/mol. The summed E-state index contributed by atoms with van der Waals surface area (Å²) in [6.45, 7) is 9.15. The third-order valence-electron chi connectivity index (χ3n) is 3.28. The second-order valence-electron chi connectivity index (χ2n) is 5.58. The minimum atomic E-state index is -0.743. The van der Waals surface area contributed by atoms with Crippen LogP contribution >= 0.6 is 0 Å². The third kappa shape index (κ3) is 4.79. The Morgan fingerprint density at radius 3 is 2.33 bits per heavy atom. The van der Waals surface area contributed by atoms with Gasteiger partial charge >= 0.3 is 0 Å². The highest BCUT2D eigenvalue weighted by Crippen LogP contribution is 2.24. The molecule has 0 heterocycles. The standard InChI is InChI=1S/C16H27NO/c1-5-6-14-7-9-15(10-8-14)16(4,18)11-12-17-13(2)3/h7-10,13,17-18H,5-6,11-12H2,1-4H3. The highest BCUT2D eigenvalue weighted by atomic mass is 16.3. The first-order chi connectivity index (χ1) is 8.45. The van der Waals surface area contributed by atoms with Crippen LogP contribution in [0.2, 0.25) is 0 Å². The van der Waals surface area contributed by atoms with Crippen LogP contribution in [-0.2, 0) is 12.0 Å². The van der Waals surface area contributed by atoms with E-state index in [1.54, 1.807) is 0 Å². The first kappa shape index (κ1) is 15.2. The van der Waals surface area contributed by atoms with E-state index in [-0.39, 0.29) is 0 Å². The van der Waals surface area contributed by atoms with Gasteiger partial charge in [0.1, 0.15) is 0 Å². The Labute approximate surface area is 111 Å². The molecule has 0 radical (unpaired) electrons. The summed E-state index contributed by atoms with van der Waals surface area (Å²) < 4.78 is 0. The lowest BCUT2D eigenvalue weighted by Gasteiger charge is -2.25. The van der Waals surface area contributed by atoms with Crippen LogP contribution in [0, 0.1) is 0 Å². The molecule has 0 saturated carbocycles. The summed E-state index contributed by atoms with van der Waals surface area (Å²) in [5.74, 6) is 0. The van der Waals surface area contributed by atoms with Gasteiger partial charge in [0.25, 0.3) is 0 Å². The largest absolute Gasteiger partial charge is 0.385 e. The van der Waals surface area contributed by atoms with Gasteiger partial charge in [0, 0.05) is 6.04 Å². The summed E-state index contributed by atoms with van der Waals surface area (Å²) in [5.41, 5.74) is 1.61. The molecule has 0 amide bonds. The predicted octanol–water partition coefficient (Wildman–Crippen LogP) is 3.23. The van der Waals surface area contributed by atoms with Crippen molar-refractivity contribution in [3.8, 4) is 0 Å². The number of aryl methyl sites for hydroxylation is 1. The molecular formula is C16H27NO. The van der Waals surface area contributed by atoms with E-state index in [1.165, 1.54) is 5.56 Å². The summed E-state index contributed by atoms with van der Waals surface area (Å²) in [5, 5.41) is 13.8. The third-order valence-corrected chi connectivity index (χ3v) is 3.28. The molecule has 0 saturated heterocycles. The number of rotatable bonds is 7. The molecule has 0 aliphatic carbocycles. The molecule has 0 aliphatic rings. The molecule has 2 nitrogen and oxygen atoms in total. The highest BCUT2D eigenvalue weighted by molar-refractivity contribution is 5.26. The van der Waals surface area contributed by atoms with Gasteiger partial charge in [-0.3, -0.25) is 0 Å². The maximum absolute atomic E-state index is 10.5. The van der Waals surface area contributed by atoms with Crippen molar-refractivity contribution in [2.24, 2.45) is 0 Å². The van der Waals surface area contributed by atoms with Gasteiger partial charge in [-0.05, 0) is 37.4 Å². The first-order valence-corrected chi connectivity index (χ1v) is 7.01.